The number of fused-ring (bicyclic) bond motifs is 1. The van der Waals surface area contributed by atoms with E-state index < -0.39 is 9.84 Å². The van der Waals surface area contributed by atoms with E-state index in [-0.39, 0.29) is 11.7 Å². The summed E-state index contributed by atoms with van der Waals surface area (Å²) in [6, 6.07) is 7.27. The van der Waals surface area contributed by atoms with Crippen LogP contribution in [0.15, 0.2) is 39.9 Å². The van der Waals surface area contributed by atoms with Gasteiger partial charge in [0.1, 0.15) is 5.76 Å². The fourth-order valence-electron chi connectivity index (χ4n) is 3.51. The molecule has 0 radical (unpaired) electrons. The predicted octanol–water partition coefficient (Wildman–Crippen LogP) is 4.08. The van der Waals surface area contributed by atoms with Crippen molar-refractivity contribution in [1.82, 2.24) is 10.1 Å². The maximum absolute atomic E-state index is 13.1. The van der Waals surface area contributed by atoms with Crippen molar-refractivity contribution < 1.29 is 12.9 Å². The molecule has 0 spiro atoms. The molecule has 6 heteroatoms. The highest BCUT2D eigenvalue weighted by Crippen LogP contribution is 2.35. The Hall–Kier alpha value is -2.21. The molecule has 0 N–H and O–H groups in total. The first-order chi connectivity index (χ1) is 12.0. The Bertz CT molecular complexity index is 1030. The number of pyridine rings is 1. The van der Waals surface area contributed by atoms with Gasteiger partial charge in [-0.25, -0.2) is 8.42 Å². The number of aryl methyl sites for hydroxylation is 2. The van der Waals surface area contributed by atoms with Crippen LogP contribution in [0.3, 0.4) is 0 Å². The average molecular weight is 356 g/mol. The summed E-state index contributed by atoms with van der Waals surface area (Å²) in [5.41, 5.74) is 3.05. The van der Waals surface area contributed by atoms with Crippen LogP contribution in [0.5, 0.6) is 0 Å². The number of nitrogens with zero attached hydrogens (tertiary/aromatic N) is 2. The van der Waals surface area contributed by atoms with Gasteiger partial charge < -0.3 is 4.52 Å². The van der Waals surface area contributed by atoms with Crippen molar-refractivity contribution in [2.45, 2.75) is 38.0 Å². The molecule has 2 heterocycles. The topological polar surface area (TPSA) is 73.1 Å². The Balaban J connectivity index is 1.93. The third-order valence-corrected chi connectivity index (χ3v) is 6.94. The SMILES string of the molecule is Cc1noc(C)c1-c1cc(S(=O)(=O)CC2CCC2)c2cccnc2c1. The van der Waals surface area contributed by atoms with Gasteiger partial charge in [0.05, 0.1) is 21.9 Å². The Morgan fingerprint density at radius 3 is 2.68 bits per heavy atom. The minimum atomic E-state index is -3.38. The predicted molar refractivity (Wildman–Crippen MR) is 96.1 cm³/mol. The Labute approximate surface area is 147 Å². The lowest BCUT2D eigenvalue weighted by molar-refractivity contribution is 0.347. The zero-order valence-corrected chi connectivity index (χ0v) is 15.1. The maximum Gasteiger partial charge on any atom is 0.179 e. The monoisotopic (exact) mass is 356 g/mol. The molecule has 25 heavy (non-hydrogen) atoms. The molecule has 4 rings (SSSR count). The van der Waals surface area contributed by atoms with Gasteiger partial charge in [-0.2, -0.15) is 0 Å². The summed E-state index contributed by atoms with van der Waals surface area (Å²) in [6.45, 7) is 3.69. The highest BCUT2D eigenvalue weighted by atomic mass is 32.2. The van der Waals surface area contributed by atoms with Gasteiger partial charge in [0.25, 0.3) is 0 Å². The number of sulfone groups is 1. The zero-order valence-electron chi connectivity index (χ0n) is 14.3. The molecule has 1 aliphatic carbocycles. The van der Waals surface area contributed by atoms with Gasteiger partial charge in [0, 0.05) is 17.1 Å². The first-order valence-corrected chi connectivity index (χ1v) is 10.2. The Kier molecular flexibility index (Phi) is 3.87. The minimum Gasteiger partial charge on any atom is -0.361 e. The molecule has 0 atom stereocenters. The number of hydrogen-bond donors (Lipinski definition) is 0. The fourth-order valence-corrected chi connectivity index (χ4v) is 5.45. The smallest absolute Gasteiger partial charge is 0.179 e. The van der Waals surface area contributed by atoms with Gasteiger partial charge in [-0.15, -0.1) is 0 Å². The van der Waals surface area contributed by atoms with Crippen molar-refractivity contribution in [3.63, 3.8) is 0 Å². The Morgan fingerprint density at radius 2 is 2.04 bits per heavy atom. The van der Waals surface area contributed by atoms with Crippen LogP contribution in [0.1, 0.15) is 30.7 Å². The third kappa shape index (κ3) is 2.84. The van der Waals surface area contributed by atoms with Gasteiger partial charge in [0.15, 0.2) is 9.84 Å². The average Bonchev–Trinajstić information content (AvgIpc) is 2.89. The summed E-state index contributed by atoms with van der Waals surface area (Å²) < 4.78 is 31.4. The summed E-state index contributed by atoms with van der Waals surface area (Å²) in [4.78, 5) is 4.74. The van der Waals surface area contributed by atoms with E-state index in [9.17, 15) is 8.42 Å². The molecule has 0 amide bonds. The van der Waals surface area contributed by atoms with Crippen LogP contribution in [0.25, 0.3) is 22.0 Å². The van der Waals surface area contributed by atoms with Gasteiger partial charge in [0.2, 0.25) is 0 Å². The summed E-state index contributed by atoms with van der Waals surface area (Å²) in [5.74, 6) is 1.16. The summed E-state index contributed by atoms with van der Waals surface area (Å²) >= 11 is 0. The van der Waals surface area contributed by atoms with E-state index in [4.69, 9.17) is 4.52 Å². The van der Waals surface area contributed by atoms with E-state index >= 15 is 0 Å². The second-order valence-corrected chi connectivity index (χ2v) is 8.82. The van der Waals surface area contributed by atoms with Crippen LogP contribution < -0.4 is 0 Å². The van der Waals surface area contributed by atoms with Crippen molar-refractivity contribution in [3.8, 4) is 11.1 Å². The highest BCUT2D eigenvalue weighted by Gasteiger charge is 2.28. The van der Waals surface area contributed by atoms with Gasteiger partial charge in [-0.1, -0.05) is 11.6 Å². The minimum absolute atomic E-state index is 0.210. The number of hydrogen-bond acceptors (Lipinski definition) is 5. The fraction of sp³-hybridized carbons (Fsp3) is 0.368. The van der Waals surface area contributed by atoms with Gasteiger partial charge in [-0.3, -0.25) is 4.98 Å². The van der Waals surface area contributed by atoms with Crippen molar-refractivity contribution in [3.05, 3.63) is 41.9 Å². The van der Waals surface area contributed by atoms with Crippen molar-refractivity contribution in [1.29, 1.82) is 0 Å². The molecule has 0 aliphatic heterocycles. The van der Waals surface area contributed by atoms with E-state index in [0.717, 1.165) is 36.1 Å². The molecule has 1 saturated carbocycles. The Morgan fingerprint density at radius 1 is 1.24 bits per heavy atom. The molecule has 1 aromatic carbocycles. The third-order valence-electron chi connectivity index (χ3n) is 5.02. The number of aromatic nitrogens is 2. The van der Waals surface area contributed by atoms with E-state index in [1.54, 1.807) is 18.3 Å². The highest BCUT2D eigenvalue weighted by molar-refractivity contribution is 7.91. The molecule has 0 saturated heterocycles. The van der Waals surface area contributed by atoms with Crippen LogP contribution in [0.4, 0.5) is 0 Å². The molecular formula is C19H20N2O3S. The van der Waals surface area contributed by atoms with Crippen molar-refractivity contribution in [2.75, 3.05) is 5.75 Å². The molecule has 1 aliphatic rings. The van der Waals surface area contributed by atoms with E-state index in [1.807, 2.05) is 26.0 Å². The van der Waals surface area contributed by atoms with E-state index in [2.05, 4.69) is 10.1 Å². The summed E-state index contributed by atoms with van der Waals surface area (Å²) in [6.07, 6.45) is 4.81. The maximum atomic E-state index is 13.1. The second kappa shape index (κ2) is 5.95. The summed E-state index contributed by atoms with van der Waals surface area (Å²) in [7, 11) is -3.38. The molecule has 0 unspecified atom stereocenters. The zero-order chi connectivity index (χ0) is 17.6. The molecule has 5 nitrogen and oxygen atoms in total. The van der Waals surface area contributed by atoms with E-state index in [0.29, 0.717) is 21.6 Å². The van der Waals surface area contributed by atoms with Crippen LogP contribution >= 0.6 is 0 Å². The quantitative estimate of drug-likeness (QED) is 0.704. The van der Waals surface area contributed by atoms with Crippen molar-refractivity contribution in [2.24, 2.45) is 5.92 Å². The standard InChI is InChI=1S/C19H20N2O3S/c1-12-19(13(2)24-21-12)15-9-17-16(7-4-8-20-17)18(10-15)25(22,23)11-14-5-3-6-14/h4,7-10,14H,3,5-6,11H2,1-2H3. The van der Waals surface area contributed by atoms with Crippen LogP contribution in [0, 0.1) is 19.8 Å². The number of benzene rings is 1. The lowest BCUT2D eigenvalue weighted by Gasteiger charge is -2.25. The normalized spacial score (nSPS) is 15.4. The van der Waals surface area contributed by atoms with Gasteiger partial charge >= 0.3 is 0 Å². The largest absolute Gasteiger partial charge is 0.361 e. The number of rotatable bonds is 4. The van der Waals surface area contributed by atoms with Crippen molar-refractivity contribution >= 4 is 20.7 Å². The molecule has 130 valence electrons. The first kappa shape index (κ1) is 16.3. The second-order valence-electron chi connectivity index (χ2n) is 6.82. The van der Waals surface area contributed by atoms with Crippen LogP contribution in [-0.4, -0.2) is 24.3 Å². The molecule has 3 aromatic rings. The molecule has 1 fully saturated rings. The lowest BCUT2D eigenvalue weighted by Crippen LogP contribution is -2.22. The van der Waals surface area contributed by atoms with Crippen LogP contribution in [-0.2, 0) is 9.84 Å². The van der Waals surface area contributed by atoms with Gasteiger partial charge in [-0.05, 0) is 62.4 Å². The summed E-state index contributed by atoms with van der Waals surface area (Å²) in [5, 5.41) is 4.67. The molecule has 0 bridgehead atoms. The lowest BCUT2D eigenvalue weighted by atomic mass is 9.87. The van der Waals surface area contributed by atoms with Crippen LogP contribution in [0.2, 0.25) is 0 Å². The molecule has 2 aromatic heterocycles. The van der Waals surface area contributed by atoms with E-state index in [1.165, 1.54) is 0 Å². The first-order valence-electron chi connectivity index (χ1n) is 8.50. The molecular weight excluding hydrogens is 336 g/mol.